The second kappa shape index (κ2) is 11.8. The largest absolute Gasteiger partial charge is 0.493 e. The minimum absolute atomic E-state index is 0.0368. The number of ether oxygens (including phenoxy) is 1. The Hall–Kier alpha value is -4.54. The highest BCUT2D eigenvalue weighted by Gasteiger charge is 2.40. The van der Waals surface area contributed by atoms with E-state index in [-0.39, 0.29) is 34.5 Å². The van der Waals surface area contributed by atoms with Gasteiger partial charge in [0.2, 0.25) is 0 Å². The summed E-state index contributed by atoms with van der Waals surface area (Å²) in [5.41, 5.74) is 10.7. The van der Waals surface area contributed by atoms with Crippen molar-refractivity contribution in [3.63, 3.8) is 0 Å². The third-order valence-corrected chi connectivity index (χ3v) is 10.4. The number of nitrogens with zero attached hydrogens (tertiary/aromatic N) is 1. The molecule has 45 heavy (non-hydrogen) atoms. The summed E-state index contributed by atoms with van der Waals surface area (Å²) in [7, 11) is 0. The Morgan fingerprint density at radius 1 is 1.02 bits per heavy atom. The summed E-state index contributed by atoms with van der Waals surface area (Å²) in [5, 5.41) is 18.4. The minimum Gasteiger partial charge on any atom is -0.493 e. The lowest BCUT2D eigenvalue weighted by atomic mass is 9.93. The van der Waals surface area contributed by atoms with Crippen LogP contribution in [0.3, 0.4) is 0 Å². The van der Waals surface area contributed by atoms with Gasteiger partial charge in [0.1, 0.15) is 11.4 Å². The van der Waals surface area contributed by atoms with Crippen molar-refractivity contribution < 1.29 is 24.2 Å². The first-order valence-electron chi connectivity index (χ1n) is 15.3. The molecule has 3 aliphatic rings. The Morgan fingerprint density at radius 2 is 1.89 bits per heavy atom. The summed E-state index contributed by atoms with van der Waals surface area (Å²) in [6.45, 7) is 2.72. The molecule has 2 amide bonds. The molecule has 3 heterocycles. The summed E-state index contributed by atoms with van der Waals surface area (Å²) in [6, 6.07) is 14.3. The molecule has 10 heteroatoms. The number of nitrogens with two attached hydrogens (primary N) is 1. The first-order chi connectivity index (χ1) is 21.8. The molecule has 0 radical (unpaired) electrons. The van der Waals surface area contributed by atoms with Gasteiger partial charge in [0.15, 0.2) is 5.69 Å². The van der Waals surface area contributed by atoms with Crippen LogP contribution in [0.15, 0.2) is 53.9 Å². The molecule has 0 spiro atoms. The number of pyridine rings is 1. The van der Waals surface area contributed by atoms with E-state index in [1.54, 1.807) is 29.5 Å². The van der Waals surface area contributed by atoms with E-state index in [0.29, 0.717) is 48.4 Å². The molecular formula is C35H34N4O5S. The van der Waals surface area contributed by atoms with E-state index in [4.69, 9.17) is 10.5 Å². The smallest absolute Gasteiger partial charge is 0.355 e. The van der Waals surface area contributed by atoms with Crippen molar-refractivity contribution in [1.29, 1.82) is 0 Å². The number of hydrogen-bond acceptors (Lipinski definition) is 7. The number of amides is 2. The van der Waals surface area contributed by atoms with Crippen molar-refractivity contribution >= 4 is 34.8 Å². The van der Waals surface area contributed by atoms with Crippen LogP contribution < -0.4 is 21.1 Å². The fraction of sp³-hybridized carbons (Fsp3) is 0.314. The van der Waals surface area contributed by atoms with E-state index in [0.717, 1.165) is 46.4 Å². The van der Waals surface area contributed by atoms with E-state index < -0.39 is 11.9 Å². The summed E-state index contributed by atoms with van der Waals surface area (Å²) in [6.07, 6.45) is 5.11. The van der Waals surface area contributed by atoms with Crippen LogP contribution in [0.1, 0.15) is 73.7 Å². The average Bonchev–Trinajstić information content (AvgIpc) is 3.77. The summed E-state index contributed by atoms with van der Waals surface area (Å²) < 4.78 is 6.14. The molecule has 3 atom stereocenters. The second-order valence-corrected chi connectivity index (χ2v) is 13.1. The van der Waals surface area contributed by atoms with Crippen LogP contribution in [0.2, 0.25) is 0 Å². The first-order valence-corrected chi connectivity index (χ1v) is 16.2. The summed E-state index contributed by atoms with van der Waals surface area (Å²) in [5.74, 6) is -0.412. The molecule has 5 N–H and O–H groups in total. The van der Waals surface area contributed by atoms with E-state index in [2.05, 4.69) is 21.7 Å². The molecule has 4 aromatic rings. The molecule has 2 bridgehead atoms. The van der Waals surface area contributed by atoms with E-state index in [9.17, 15) is 19.5 Å². The lowest BCUT2D eigenvalue weighted by Gasteiger charge is -2.23. The van der Waals surface area contributed by atoms with Gasteiger partial charge < -0.3 is 26.2 Å². The Bertz CT molecular complexity index is 1850. The predicted octanol–water partition coefficient (Wildman–Crippen LogP) is 6.05. The number of carboxylic acid groups (broad SMARTS) is 1. The quantitative estimate of drug-likeness (QED) is 0.197. The number of nitrogens with one attached hydrogen (secondary N) is 2. The number of carbonyl (C=O) groups is 3. The van der Waals surface area contributed by atoms with Crippen LogP contribution >= 0.6 is 11.3 Å². The number of rotatable bonds is 7. The van der Waals surface area contributed by atoms with Crippen molar-refractivity contribution in [3.05, 3.63) is 87.6 Å². The number of aryl methyl sites for hydroxylation is 1. The molecular weight excluding hydrogens is 588 g/mol. The van der Waals surface area contributed by atoms with Gasteiger partial charge in [-0.2, -0.15) is 0 Å². The number of aromatic nitrogens is 1. The van der Waals surface area contributed by atoms with Crippen molar-refractivity contribution in [3.8, 4) is 27.3 Å². The normalized spacial score (nSPS) is 19.6. The van der Waals surface area contributed by atoms with Crippen LogP contribution in [-0.4, -0.2) is 40.5 Å². The topological polar surface area (TPSA) is 144 Å². The number of hydrogen-bond donors (Lipinski definition) is 4. The predicted molar refractivity (Wildman–Crippen MR) is 173 cm³/mol. The SMILES string of the molecule is Cc1cc(CN)ccc1NC(=O)c1cc2c(cc1-c1ccc(C(=O)N[C@@H]3C[C@@H]4CC[C@H]3C4)nc1C(=O)O)OCCc1ccsc1-2. The van der Waals surface area contributed by atoms with Crippen molar-refractivity contribution in [2.45, 2.75) is 51.6 Å². The molecule has 2 fully saturated rings. The highest BCUT2D eigenvalue weighted by atomic mass is 32.1. The molecule has 2 aromatic carbocycles. The minimum atomic E-state index is -1.30. The van der Waals surface area contributed by atoms with Crippen molar-refractivity contribution in [2.24, 2.45) is 17.6 Å². The van der Waals surface area contributed by atoms with Gasteiger partial charge in [-0.25, -0.2) is 9.78 Å². The van der Waals surface area contributed by atoms with Crippen LogP contribution in [0.4, 0.5) is 5.69 Å². The number of thiophene rings is 1. The number of fused-ring (bicyclic) bond motifs is 5. The monoisotopic (exact) mass is 622 g/mol. The highest BCUT2D eigenvalue weighted by Crippen LogP contribution is 2.45. The number of carboxylic acids is 1. The Kier molecular flexibility index (Phi) is 7.63. The van der Waals surface area contributed by atoms with Gasteiger partial charge in [-0.15, -0.1) is 11.3 Å². The zero-order valence-corrected chi connectivity index (χ0v) is 25.7. The third kappa shape index (κ3) is 5.49. The molecule has 0 unspecified atom stereocenters. The summed E-state index contributed by atoms with van der Waals surface area (Å²) >= 11 is 1.57. The second-order valence-electron chi connectivity index (χ2n) is 12.2. The molecule has 2 aromatic heterocycles. The van der Waals surface area contributed by atoms with Gasteiger partial charge in [-0.3, -0.25) is 9.59 Å². The van der Waals surface area contributed by atoms with Crippen LogP contribution in [0, 0.1) is 18.8 Å². The van der Waals surface area contributed by atoms with Gasteiger partial charge in [0.25, 0.3) is 11.8 Å². The van der Waals surface area contributed by atoms with E-state index >= 15 is 0 Å². The van der Waals surface area contributed by atoms with Crippen molar-refractivity contribution in [1.82, 2.24) is 10.3 Å². The third-order valence-electron chi connectivity index (χ3n) is 9.43. The lowest BCUT2D eigenvalue weighted by Crippen LogP contribution is -2.39. The lowest BCUT2D eigenvalue weighted by molar-refractivity contribution is 0.0691. The average molecular weight is 623 g/mol. The van der Waals surface area contributed by atoms with Crippen LogP contribution in [-0.2, 0) is 13.0 Å². The first kappa shape index (κ1) is 29.2. The number of anilines is 1. The number of carbonyl (C=O) groups excluding carboxylic acids is 2. The Morgan fingerprint density at radius 3 is 2.62 bits per heavy atom. The summed E-state index contributed by atoms with van der Waals surface area (Å²) in [4.78, 5) is 45.2. The Labute approximate surface area is 264 Å². The van der Waals surface area contributed by atoms with Gasteiger partial charge >= 0.3 is 5.97 Å². The van der Waals surface area contributed by atoms with Crippen LogP contribution in [0.5, 0.6) is 5.75 Å². The molecule has 2 saturated carbocycles. The van der Waals surface area contributed by atoms with Gasteiger partial charge in [0.05, 0.1) is 6.61 Å². The molecule has 9 nitrogen and oxygen atoms in total. The number of benzene rings is 2. The molecule has 230 valence electrons. The van der Waals surface area contributed by atoms with E-state index in [1.165, 1.54) is 12.5 Å². The molecule has 2 aliphatic carbocycles. The van der Waals surface area contributed by atoms with Crippen molar-refractivity contribution in [2.75, 3.05) is 11.9 Å². The fourth-order valence-corrected chi connectivity index (χ4v) is 8.12. The van der Waals surface area contributed by atoms with Gasteiger partial charge in [-0.1, -0.05) is 18.6 Å². The highest BCUT2D eigenvalue weighted by molar-refractivity contribution is 7.13. The number of aromatic carboxylic acids is 1. The molecule has 1 aliphatic heterocycles. The zero-order valence-electron chi connectivity index (χ0n) is 24.9. The fourth-order valence-electron chi connectivity index (χ4n) is 7.14. The van der Waals surface area contributed by atoms with Gasteiger partial charge in [-0.05, 0) is 96.5 Å². The maximum atomic E-state index is 14.0. The Balaban J connectivity index is 1.30. The molecule has 7 rings (SSSR count). The van der Waals surface area contributed by atoms with Gasteiger partial charge in [0, 0.05) is 51.8 Å². The standard InChI is InChI=1S/C35H34N4O5S/c1-18-12-20(17-36)3-6-27(18)38-33(40)25-15-26-30(44-10-8-21-9-11-45-32(21)26)16-24(25)23-5-7-28(37-31(23)35(42)43)34(41)39-29-14-19-2-4-22(29)13-19/h3,5-7,9,11-12,15-16,19,22,29H,2,4,8,10,13-14,17,36H2,1H3,(H,38,40)(H,39,41)(H,42,43)/t19-,22+,29-/m1/s1. The maximum absolute atomic E-state index is 14.0. The zero-order chi connectivity index (χ0) is 31.2. The maximum Gasteiger partial charge on any atom is 0.355 e. The van der Waals surface area contributed by atoms with E-state index in [1.807, 2.05) is 30.5 Å². The van der Waals surface area contributed by atoms with Crippen LogP contribution in [0.25, 0.3) is 21.6 Å². The molecule has 0 saturated heterocycles.